The maximum absolute atomic E-state index is 12.1. The number of nitrogens with one attached hydrogen (secondary N) is 2. The summed E-state index contributed by atoms with van der Waals surface area (Å²) in [5.41, 5.74) is 6.52. The van der Waals surface area contributed by atoms with Gasteiger partial charge in [0.2, 0.25) is 0 Å². The van der Waals surface area contributed by atoms with Crippen LogP contribution in [0.4, 0.5) is 0 Å². The van der Waals surface area contributed by atoms with Crippen molar-refractivity contribution in [2.45, 2.75) is 19.4 Å². The lowest BCUT2D eigenvalue weighted by atomic mass is 10.2. The first-order valence-electron chi connectivity index (χ1n) is 8.34. The molecule has 0 radical (unpaired) electrons. The number of carbonyl (C=O) groups excluding carboxylic acids is 3. The Morgan fingerprint density at radius 2 is 1.89 bits per heavy atom. The summed E-state index contributed by atoms with van der Waals surface area (Å²) in [5.74, 6) is -1.66. The minimum atomic E-state index is -1.06. The monoisotopic (exact) mass is 415 g/mol. The maximum Gasteiger partial charge on any atom is 0.312 e. The zero-order valence-corrected chi connectivity index (χ0v) is 16.5. The molecule has 2 aromatic heterocycles. The molecule has 144 valence electrons. The van der Waals surface area contributed by atoms with Gasteiger partial charge in [-0.05, 0) is 30.5 Å². The molecule has 2 N–H and O–H groups in total. The van der Waals surface area contributed by atoms with E-state index in [2.05, 4.69) is 15.8 Å². The lowest BCUT2D eigenvalue weighted by molar-refractivity contribution is -0.154. The van der Waals surface area contributed by atoms with Gasteiger partial charge in [0, 0.05) is 21.9 Å². The van der Waals surface area contributed by atoms with Gasteiger partial charge in [-0.2, -0.15) is 11.3 Å². The van der Waals surface area contributed by atoms with Gasteiger partial charge in [-0.15, -0.1) is 11.3 Å². The predicted octanol–water partition coefficient (Wildman–Crippen LogP) is 2.81. The third-order valence-electron chi connectivity index (χ3n) is 3.66. The Morgan fingerprint density at radius 1 is 1.11 bits per heavy atom. The molecular weight excluding hydrogens is 398 g/mol. The summed E-state index contributed by atoms with van der Waals surface area (Å²) in [6.45, 7) is 1.43. The van der Waals surface area contributed by atoms with Crippen LogP contribution < -0.4 is 10.9 Å². The highest BCUT2D eigenvalue weighted by Crippen LogP contribution is 2.25. The molecule has 0 bridgehead atoms. The van der Waals surface area contributed by atoms with Crippen LogP contribution in [0.1, 0.15) is 23.0 Å². The molecule has 0 saturated heterocycles. The van der Waals surface area contributed by atoms with Crippen LogP contribution in [0.3, 0.4) is 0 Å². The number of thiazole rings is 1. The van der Waals surface area contributed by atoms with E-state index in [0.717, 1.165) is 10.6 Å². The van der Waals surface area contributed by atoms with Crippen LogP contribution in [-0.4, -0.2) is 28.9 Å². The van der Waals surface area contributed by atoms with E-state index in [1.54, 1.807) is 47.0 Å². The van der Waals surface area contributed by atoms with Gasteiger partial charge in [-0.3, -0.25) is 25.2 Å². The van der Waals surface area contributed by atoms with Crippen LogP contribution in [0.25, 0.3) is 10.6 Å². The van der Waals surface area contributed by atoms with Crippen molar-refractivity contribution in [2.75, 3.05) is 0 Å². The zero-order chi connectivity index (χ0) is 19.9. The molecule has 0 saturated carbocycles. The number of hydrogen-bond acceptors (Lipinski definition) is 7. The zero-order valence-electron chi connectivity index (χ0n) is 14.9. The summed E-state index contributed by atoms with van der Waals surface area (Å²) in [6, 6.07) is 10.4. The summed E-state index contributed by atoms with van der Waals surface area (Å²) in [4.78, 5) is 40.4. The molecule has 1 atom stereocenters. The number of hydrogen-bond donors (Lipinski definition) is 2. The Labute approximate surface area is 169 Å². The summed E-state index contributed by atoms with van der Waals surface area (Å²) < 4.78 is 5.12. The van der Waals surface area contributed by atoms with Crippen LogP contribution in [0, 0.1) is 0 Å². The van der Waals surface area contributed by atoms with Crippen LogP contribution in [0.2, 0.25) is 0 Å². The number of thiophene rings is 1. The molecule has 9 heteroatoms. The van der Waals surface area contributed by atoms with E-state index in [1.807, 2.05) is 16.8 Å². The van der Waals surface area contributed by atoms with Crippen molar-refractivity contribution in [1.29, 1.82) is 0 Å². The first-order valence-corrected chi connectivity index (χ1v) is 10.2. The molecule has 1 aromatic carbocycles. The van der Waals surface area contributed by atoms with Crippen molar-refractivity contribution in [1.82, 2.24) is 15.8 Å². The van der Waals surface area contributed by atoms with Gasteiger partial charge in [-0.25, -0.2) is 4.98 Å². The topological polar surface area (TPSA) is 97.4 Å². The van der Waals surface area contributed by atoms with Gasteiger partial charge in [-0.1, -0.05) is 18.2 Å². The van der Waals surface area contributed by atoms with E-state index in [9.17, 15) is 14.4 Å². The first-order chi connectivity index (χ1) is 13.5. The van der Waals surface area contributed by atoms with Gasteiger partial charge >= 0.3 is 5.97 Å². The van der Waals surface area contributed by atoms with Crippen molar-refractivity contribution in [3.63, 3.8) is 0 Å². The Hall–Kier alpha value is -3.04. The molecule has 0 spiro atoms. The van der Waals surface area contributed by atoms with E-state index in [-0.39, 0.29) is 6.42 Å². The molecule has 3 aromatic rings. The van der Waals surface area contributed by atoms with Crippen LogP contribution >= 0.6 is 22.7 Å². The molecule has 0 unspecified atom stereocenters. The van der Waals surface area contributed by atoms with Gasteiger partial charge < -0.3 is 4.74 Å². The highest BCUT2D eigenvalue weighted by atomic mass is 32.1. The molecule has 7 nitrogen and oxygen atoms in total. The standard InChI is InChI=1S/C19H17N3O4S2/c1-12(17(24)21-22-18(25)13-5-3-2-4-6-13)26-16(23)9-15-11-28-19(20-15)14-7-8-27-10-14/h2-8,10-12H,9H2,1H3,(H,21,24)(H,22,25)/t12-/m0/s1. The SMILES string of the molecule is C[C@H](OC(=O)Cc1csc(-c2ccsc2)n1)C(=O)NNC(=O)c1ccccc1. The van der Waals surface area contributed by atoms with Gasteiger partial charge in [0.15, 0.2) is 6.10 Å². The number of carbonyl (C=O) groups is 3. The third kappa shape index (κ3) is 5.24. The van der Waals surface area contributed by atoms with Crippen molar-refractivity contribution in [2.24, 2.45) is 0 Å². The third-order valence-corrected chi connectivity index (χ3v) is 5.28. The number of rotatable bonds is 6. The van der Waals surface area contributed by atoms with E-state index >= 15 is 0 Å². The summed E-state index contributed by atoms with van der Waals surface area (Å²) in [7, 11) is 0. The molecular formula is C19H17N3O4S2. The first kappa shape index (κ1) is 19.7. The fourth-order valence-corrected chi connectivity index (χ4v) is 3.76. The van der Waals surface area contributed by atoms with Crippen molar-refractivity contribution in [3.05, 3.63) is 63.8 Å². The van der Waals surface area contributed by atoms with Crippen LogP contribution in [0.5, 0.6) is 0 Å². The Bertz CT molecular complexity index is 955. The highest BCUT2D eigenvalue weighted by molar-refractivity contribution is 7.14. The molecule has 0 aliphatic rings. The summed E-state index contributed by atoms with van der Waals surface area (Å²) in [5, 5.41) is 6.57. The number of aromatic nitrogens is 1. The predicted molar refractivity (Wildman–Crippen MR) is 107 cm³/mol. The number of amides is 2. The molecule has 2 amide bonds. The summed E-state index contributed by atoms with van der Waals surface area (Å²) >= 11 is 3.02. The van der Waals surface area contributed by atoms with Crippen molar-refractivity contribution >= 4 is 40.5 Å². The average Bonchev–Trinajstić information content (AvgIpc) is 3.38. The average molecular weight is 415 g/mol. The van der Waals surface area contributed by atoms with E-state index in [4.69, 9.17) is 4.74 Å². The highest BCUT2D eigenvalue weighted by Gasteiger charge is 2.19. The van der Waals surface area contributed by atoms with Gasteiger partial charge in [0.25, 0.3) is 11.8 Å². The number of benzene rings is 1. The minimum absolute atomic E-state index is 0.0331. The number of hydrazine groups is 1. The second-order valence-corrected chi connectivity index (χ2v) is 7.41. The normalized spacial score (nSPS) is 11.5. The second-order valence-electron chi connectivity index (χ2n) is 5.77. The lowest BCUT2D eigenvalue weighted by Crippen LogP contribution is -2.46. The van der Waals surface area contributed by atoms with E-state index in [1.165, 1.54) is 18.3 Å². The molecule has 3 rings (SSSR count). The number of esters is 1. The van der Waals surface area contributed by atoms with Crippen LogP contribution in [-0.2, 0) is 20.7 Å². The fourth-order valence-electron chi connectivity index (χ4n) is 2.23. The molecule has 2 heterocycles. The number of nitrogens with zero attached hydrogens (tertiary/aromatic N) is 1. The van der Waals surface area contributed by atoms with E-state index < -0.39 is 23.9 Å². The quantitative estimate of drug-likeness (QED) is 0.477. The Balaban J connectivity index is 1.46. The smallest absolute Gasteiger partial charge is 0.312 e. The van der Waals surface area contributed by atoms with E-state index in [0.29, 0.717) is 11.3 Å². The minimum Gasteiger partial charge on any atom is -0.452 e. The lowest BCUT2D eigenvalue weighted by Gasteiger charge is -2.13. The van der Waals surface area contributed by atoms with Gasteiger partial charge in [0.1, 0.15) is 5.01 Å². The van der Waals surface area contributed by atoms with Crippen molar-refractivity contribution < 1.29 is 19.1 Å². The molecule has 0 aliphatic heterocycles. The Morgan fingerprint density at radius 3 is 2.61 bits per heavy atom. The van der Waals surface area contributed by atoms with Crippen molar-refractivity contribution in [3.8, 4) is 10.6 Å². The molecule has 28 heavy (non-hydrogen) atoms. The Kier molecular flexibility index (Phi) is 6.51. The van der Waals surface area contributed by atoms with Crippen LogP contribution in [0.15, 0.2) is 52.5 Å². The van der Waals surface area contributed by atoms with Gasteiger partial charge in [0.05, 0.1) is 12.1 Å². The molecule has 0 fully saturated rings. The largest absolute Gasteiger partial charge is 0.452 e. The summed E-state index contributed by atoms with van der Waals surface area (Å²) in [6.07, 6.45) is -1.09. The molecule has 0 aliphatic carbocycles. The second kappa shape index (κ2) is 9.25. The fraction of sp³-hybridized carbons (Fsp3) is 0.158. The number of ether oxygens (including phenoxy) is 1. The maximum atomic E-state index is 12.1.